The van der Waals surface area contributed by atoms with Crippen molar-refractivity contribution < 1.29 is 4.74 Å². The molecule has 1 N–H and O–H groups in total. The third kappa shape index (κ3) is 4.60. The fourth-order valence-electron chi connectivity index (χ4n) is 2.90. The van der Waals surface area contributed by atoms with E-state index in [1.807, 2.05) is 0 Å². The summed E-state index contributed by atoms with van der Waals surface area (Å²) in [6.45, 7) is 6.45. The lowest BCUT2D eigenvalue weighted by molar-refractivity contribution is 0.00505. The van der Waals surface area contributed by atoms with Crippen LogP contribution in [0.15, 0.2) is 24.3 Å². The normalized spacial score (nSPS) is 20.8. The third-order valence-corrected chi connectivity index (χ3v) is 4.20. The highest BCUT2D eigenvalue weighted by molar-refractivity contribution is 5.25. The van der Waals surface area contributed by atoms with Gasteiger partial charge in [-0.1, -0.05) is 38.1 Å². The highest BCUT2D eigenvalue weighted by Gasteiger charge is 2.20. The minimum absolute atomic E-state index is 0.434. The molecule has 0 bridgehead atoms. The molecule has 2 unspecified atom stereocenters. The smallest absolute Gasteiger partial charge is 0.0593 e. The largest absolute Gasteiger partial charge is 0.378 e. The van der Waals surface area contributed by atoms with E-state index in [0.29, 0.717) is 12.1 Å². The van der Waals surface area contributed by atoms with Crippen LogP contribution in [0, 0.1) is 0 Å². The molecule has 0 radical (unpaired) electrons. The van der Waals surface area contributed by atoms with E-state index in [4.69, 9.17) is 4.74 Å². The Bertz CT molecular complexity index is 368. The van der Waals surface area contributed by atoms with Crippen molar-refractivity contribution in [2.45, 2.75) is 64.5 Å². The molecular formula is C18H29NO. The van der Waals surface area contributed by atoms with Crippen LogP contribution in [0.3, 0.4) is 0 Å². The van der Waals surface area contributed by atoms with Gasteiger partial charge in [-0.25, -0.2) is 0 Å². The van der Waals surface area contributed by atoms with Crippen molar-refractivity contribution in [3.05, 3.63) is 35.4 Å². The van der Waals surface area contributed by atoms with E-state index in [2.05, 4.69) is 43.4 Å². The summed E-state index contributed by atoms with van der Waals surface area (Å²) in [6, 6.07) is 9.53. The van der Waals surface area contributed by atoms with Gasteiger partial charge >= 0.3 is 0 Å². The molecule has 1 aromatic rings. The van der Waals surface area contributed by atoms with Crippen molar-refractivity contribution in [1.82, 2.24) is 5.32 Å². The van der Waals surface area contributed by atoms with Gasteiger partial charge in [-0.15, -0.1) is 0 Å². The van der Waals surface area contributed by atoms with Crippen molar-refractivity contribution in [3.8, 4) is 0 Å². The fraction of sp³-hybridized carbons (Fsp3) is 0.667. The summed E-state index contributed by atoms with van der Waals surface area (Å²) in [7, 11) is 0. The first-order chi connectivity index (χ1) is 9.83. The Morgan fingerprint density at radius 1 is 1.20 bits per heavy atom. The Morgan fingerprint density at radius 2 is 2.00 bits per heavy atom. The average Bonchev–Trinajstić information content (AvgIpc) is 2.52. The molecule has 112 valence electrons. The zero-order chi connectivity index (χ0) is 14.2. The molecule has 2 rings (SSSR count). The molecule has 2 nitrogen and oxygen atoms in total. The number of rotatable bonds is 7. The molecular weight excluding hydrogens is 246 g/mol. The Kier molecular flexibility index (Phi) is 6.55. The number of ether oxygens (including phenoxy) is 1. The molecule has 1 aromatic carbocycles. The van der Waals surface area contributed by atoms with Crippen LogP contribution < -0.4 is 5.32 Å². The van der Waals surface area contributed by atoms with E-state index >= 15 is 0 Å². The van der Waals surface area contributed by atoms with Gasteiger partial charge in [0.2, 0.25) is 0 Å². The summed E-state index contributed by atoms with van der Waals surface area (Å²) in [5.41, 5.74) is 2.82. The summed E-state index contributed by atoms with van der Waals surface area (Å²) in [4.78, 5) is 0. The van der Waals surface area contributed by atoms with Crippen LogP contribution in [0.25, 0.3) is 0 Å². The van der Waals surface area contributed by atoms with Gasteiger partial charge in [-0.05, 0) is 56.2 Å². The summed E-state index contributed by atoms with van der Waals surface area (Å²) >= 11 is 0. The van der Waals surface area contributed by atoms with E-state index < -0.39 is 0 Å². The van der Waals surface area contributed by atoms with Crippen molar-refractivity contribution in [2.75, 3.05) is 13.2 Å². The van der Waals surface area contributed by atoms with Gasteiger partial charge in [0, 0.05) is 12.6 Å². The van der Waals surface area contributed by atoms with Crippen LogP contribution in [-0.4, -0.2) is 19.3 Å². The number of hydrogen-bond donors (Lipinski definition) is 1. The molecule has 2 heteroatoms. The number of nitrogens with one attached hydrogen (secondary N) is 1. The molecule has 0 aliphatic carbocycles. The summed E-state index contributed by atoms with van der Waals surface area (Å²) < 4.78 is 5.91. The number of aryl methyl sites for hydroxylation is 1. The van der Waals surface area contributed by atoms with Gasteiger partial charge < -0.3 is 10.1 Å². The van der Waals surface area contributed by atoms with Crippen LogP contribution in [-0.2, 0) is 11.2 Å². The molecule has 0 spiro atoms. The van der Waals surface area contributed by atoms with Gasteiger partial charge in [0.25, 0.3) is 0 Å². The van der Waals surface area contributed by atoms with E-state index in [1.165, 1.54) is 36.8 Å². The average molecular weight is 275 g/mol. The van der Waals surface area contributed by atoms with Crippen LogP contribution in [0.4, 0.5) is 0 Å². The molecule has 20 heavy (non-hydrogen) atoms. The monoisotopic (exact) mass is 275 g/mol. The van der Waals surface area contributed by atoms with E-state index in [0.717, 1.165) is 26.0 Å². The van der Waals surface area contributed by atoms with Crippen molar-refractivity contribution in [3.63, 3.8) is 0 Å². The standard InChI is InChI=1S/C18H29NO/c1-3-12-19-18(14-17-7-5-6-13-20-17)16-10-8-15(4-2)9-11-16/h8-11,17-19H,3-7,12-14H2,1-2H3. The molecule has 1 aliphatic heterocycles. The molecule has 2 atom stereocenters. The molecule has 1 fully saturated rings. The van der Waals surface area contributed by atoms with Crippen molar-refractivity contribution in [1.29, 1.82) is 0 Å². The maximum absolute atomic E-state index is 5.91. The van der Waals surface area contributed by atoms with E-state index in [1.54, 1.807) is 0 Å². The second-order valence-corrected chi connectivity index (χ2v) is 5.83. The quantitative estimate of drug-likeness (QED) is 0.803. The van der Waals surface area contributed by atoms with Crippen molar-refractivity contribution >= 4 is 0 Å². The number of benzene rings is 1. The molecule has 1 aliphatic rings. The lowest BCUT2D eigenvalue weighted by atomic mass is 9.95. The minimum Gasteiger partial charge on any atom is -0.378 e. The summed E-state index contributed by atoms with van der Waals surface area (Å²) in [5, 5.41) is 3.69. The predicted octanol–water partition coefficient (Wildman–Crippen LogP) is 4.25. The SMILES string of the molecule is CCCNC(CC1CCCCO1)c1ccc(CC)cc1. The first-order valence-electron chi connectivity index (χ1n) is 8.27. The highest BCUT2D eigenvalue weighted by Crippen LogP contribution is 2.25. The van der Waals surface area contributed by atoms with Crippen LogP contribution in [0.5, 0.6) is 0 Å². The lowest BCUT2D eigenvalue weighted by Crippen LogP contribution is -2.29. The van der Waals surface area contributed by atoms with Crippen LogP contribution in [0.2, 0.25) is 0 Å². The molecule has 0 aromatic heterocycles. The molecule has 1 heterocycles. The summed E-state index contributed by atoms with van der Waals surface area (Å²) in [5.74, 6) is 0. The van der Waals surface area contributed by atoms with Crippen LogP contribution >= 0.6 is 0 Å². The van der Waals surface area contributed by atoms with Gasteiger partial charge in [-0.2, -0.15) is 0 Å². The fourth-order valence-corrected chi connectivity index (χ4v) is 2.90. The Morgan fingerprint density at radius 3 is 2.60 bits per heavy atom. The second-order valence-electron chi connectivity index (χ2n) is 5.83. The van der Waals surface area contributed by atoms with Crippen molar-refractivity contribution in [2.24, 2.45) is 0 Å². The Balaban J connectivity index is 2.00. The first kappa shape index (κ1) is 15.5. The highest BCUT2D eigenvalue weighted by atomic mass is 16.5. The number of hydrogen-bond acceptors (Lipinski definition) is 2. The maximum atomic E-state index is 5.91. The molecule has 1 saturated heterocycles. The third-order valence-electron chi connectivity index (χ3n) is 4.20. The molecule has 0 amide bonds. The van der Waals surface area contributed by atoms with E-state index in [-0.39, 0.29) is 0 Å². The maximum Gasteiger partial charge on any atom is 0.0593 e. The second kappa shape index (κ2) is 8.43. The Labute approximate surface area is 123 Å². The van der Waals surface area contributed by atoms with Gasteiger partial charge in [0.05, 0.1) is 6.10 Å². The lowest BCUT2D eigenvalue weighted by Gasteiger charge is -2.28. The van der Waals surface area contributed by atoms with Crippen LogP contribution in [0.1, 0.15) is 63.1 Å². The van der Waals surface area contributed by atoms with Gasteiger partial charge in [0.15, 0.2) is 0 Å². The zero-order valence-electron chi connectivity index (χ0n) is 13.0. The summed E-state index contributed by atoms with van der Waals surface area (Å²) in [6.07, 6.45) is 7.59. The van der Waals surface area contributed by atoms with Gasteiger partial charge in [0.1, 0.15) is 0 Å². The first-order valence-corrected chi connectivity index (χ1v) is 8.27. The predicted molar refractivity (Wildman–Crippen MR) is 85.1 cm³/mol. The Hall–Kier alpha value is -0.860. The minimum atomic E-state index is 0.434. The topological polar surface area (TPSA) is 21.3 Å². The zero-order valence-corrected chi connectivity index (χ0v) is 13.0. The molecule has 0 saturated carbocycles. The van der Waals surface area contributed by atoms with Gasteiger partial charge in [-0.3, -0.25) is 0 Å². The van der Waals surface area contributed by atoms with E-state index in [9.17, 15) is 0 Å².